The standard InChI is InChI=1S/C9H13NO3S/c1-2-6-5-8(6)9(11)10-14(12,13)7-3-4-7/h2,6-8H,1,3-5H2,(H,10,11)/t6-,8?/m1/s1. The van der Waals surface area contributed by atoms with E-state index < -0.39 is 10.0 Å². The molecule has 1 amide bonds. The van der Waals surface area contributed by atoms with E-state index in [0.29, 0.717) is 12.8 Å². The Labute approximate surface area is 83.4 Å². The van der Waals surface area contributed by atoms with Crippen molar-refractivity contribution in [2.24, 2.45) is 11.8 Å². The Kier molecular flexibility index (Phi) is 2.14. The number of hydrogen-bond acceptors (Lipinski definition) is 3. The van der Waals surface area contributed by atoms with Crippen LogP contribution in [0.2, 0.25) is 0 Å². The molecule has 1 N–H and O–H groups in total. The lowest BCUT2D eigenvalue weighted by Gasteiger charge is -2.03. The van der Waals surface area contributed by atoms with Gasteiger partial charge in [-0.05, 0) is 25.2 Å². The quantitative estimate of drug-likeness (QED) is 0.691. The number of hydrogen-bond donors (Lipinski definition) is 1. The molecule has 2 aliphatic carbocycles. The minimum atomic E-state index is -3.36. The highest BCUT2D eigenvalue weighted by atomic mass is 32.2. The van der Waals surface area contributed by atoms with Gasteiger partial charge in [0.25, 0.3) is 0 Å². The fourth-order valence-corrected chi connectivity index (χ4v) is 2.81. The highest BCUT2D eigenvalue weighted by Gasteiger charge is 2.44. The van der Waals surface area contributed by atoms with E-state index in [-0.39, 0.29) is 23.0 Å². The Morgan fingerprint density at radius 1 is 1.43 bits per heavy atom. The van der Waals surface area contributed by atoms with Crippen LogP contribution in [0.15, 0.2) is 12.7 Å². The van der Waals surface area contributed by atoms with Gasteiger partial charge < -0.3 is 0 Å². The molecule has 0 radical (unpaired) electrons. The first-order chi connectivity index (χ1) is 6.54. The molecule has 14 heavy (non-hydrogen) atoms. The molecule has 0 bridgehead atoms. The maximum atomic E-state index is 11.4. The van der Waals surface area contributed by atoms with Crippen molar-refractivity contribution in [2.45, 2.75) is 24.5 Å². The Bertz CT molecular complexity index is 370. The van der Waals surface area contributed by atoms with Gasteiger partial charge in [-0.3, -0.25) is 9.52 Å². The van der Waals surface area contributed by atoms with Crippen molar-refractivity contribution >= 4 is 15.9 Å². The van der Waals surface area contributed by atoms with Gasteiger partial charge >= 0.3 is 0 Å². The lowest BCUT2D eigenvalue weighted by molar-refractivity contribution is -0.120. The second kappa shape index (κ2) is 3.08. The molecule has 2 rings (SSSR count). The minimum absolute atomic E-state index is 0.166. The summed E-state index contributed by atoms with van der Waals surface area (Å²) in [6.45, 7) is 3.57. The first-order valence-corrected chi connectivity index (χ1v) is 6.27. The van der Waals surface area contributed by atoms with Crippen molar-refractivity contribution in [1.82, 2.24) is 4.72 Å². The first kappa shape index (κ1) is 9.71. The predicted octanol–water partition coefficient (Wildman–Crippen LogP) is 0.417. The summed E-state index contributed by atoms with van der Waals surface area (Å²) in [5.41, 5.74) is 0. The van der Waals surface area contributed by atoms with Gasteiger partial charge in [0, 0.05) is 5.92 Å². The summed E-state index contributed by atoms with van der Waals surface area (Å²) in [7, 11) is -3.36. The molecular formula is C9H13NO3S. The van der Waals surface area contributed by atoms with Crippen molar-refractivity contribution in [1.29, 1.82) is 0 Å². The second-order valence-electron chi connectivity index (χ2n) is 3.95. The minimum Gasteiger partial charge on any atom is -0.274 e. The van der Waals surface area contributed by atoms with Gasteiger partial charge in [0.1, 0.15) is 0 Å². The van der Waals surface area contributed by atoms with Crippen molar-refractivity contribution in [3.8, 4) is 0 Å². The Morgan fingerprint density at radius 3 is 2.50 bits per heavy atom. The molecule has 2 fully saturated rings. The first-order valence-electron chi connectivity index (χ1n) is 4.72. The number of rotatable bonds is 4. The normalized spacial score (nSPS) is 30.9. The van der Waals surface area contributed by atoms with Crippen LogP contribution >= 0.6 is 0 Å². The van der Waals surface area contributed by atoms with Crippen LogP contribution in [0.1, 0.15) is 19.3 Å². The van der Waals surface area contributed by atoms with Crippen LogP contribution < -0.4 is 4.72 Å². The van der Waals surface area contributed by atoms with E-state index in [1.165, 1.54) is 0 Å². The summed E-state index contributed by atoms with van der Waals surface area (Å²) < 4.78 is 24.9. The molecule has 2 aliphatic rings. The van der Waals surface area contributed by atoms with Gasteiger partial charge in [0.15, 0.2) is 0 Å². The average Bonchev–Trinajstić information content (AvgIpc) is 2.98. The summed E-state index contributed by atoms with van der Waals surface area (Å²) >= 11 is 0. The molecule has 0 aromatic carbocycles. The maximum Gasteiger partial charge on any atom is 0.237 e. The topological polar surface area (TPSA) is 63.2 Å². The number of amides is 1. The van der Waals surface area contributed by atoms with Gasteiger partial charge in [-0.1, -0.05) is 6.08 Å². The van der Waals surface area contributed by atoms with E-state index in [1.54, 1.807) is 6.08 Å². The van der Waals surface area contributed by atoms with Crippen LogP contribution in [-0.4, -0.2) is 19.6 Å². The zero-order chi connectivity index (χ0) is 10.3. The smallest absolute Gasteiger partial charge is 0.237 e. The lowest BCUT2D eigenvalue weighted by atomic mass is 10.3. The maximum absolute atomic E-state index is 11.4. The molecule has 0 saturated heterocycles. The zero-order valence-electron chi connectivity index (χ0n) is 7.77. The molecule has 4 nitrogen and oxygen atoms in total. The molecule has 0 aliphatic heterocycles. The predicted molar refractivity (Wildman–Crippen MR) is 51.9 cm³/mol. The highest BCUT2D eigenvalue weighted by Crippen LogP contribution is 2.39. The fraction of sp³-hybridized carbons (Fsp3) is 0.667. The monoisotopic (exact) mass is 215 g/mol. The summed E-state index contributed by atoms with van der Waals surface area (Å²) in [6.07, 6.45) is 3.79. The third kappa shape index (κ3) is 1.82. The van der Waals surface area contributed by atoms with Gasteiger partial charge in [0.05, 0.1) is 5.25 Å². The fourth-order valence-electron chi connectivity index (χ4n) is 1.45. The van der Waals surface area contributed by atoms with Crippen LogP contribution in [0.3, 0.4) is 0 Å². The van der Waals surface area contributed by atoms with E-state index in [2.05, 4.69) is 11.3 Å². The number of sulfonamides is 1. The second-order valence-corrected chi connectivity index (χ2v) is 5.91. The largest absolute Gasteiger partial charge is 0.274 e. The van der Waals surface area contributed by atoms with E-state index >= 15 is 0 Å². The van der Waals surface area contributed by atoms with Crippen molar-refractivity contribution in [3.63, 3.8) is 0 Å². The van der Waals surface area contributed by atoms with Crippen molar-refractivity contribution in [2.75, 3.05) is 0 Å². The molecule has 0 aromatic rings. The van der Waals surface area contributed by atoms with E-state index in [1.807, 2.05) is 0 Å². The molecule has 1 unspecified atom stereocenters. The highest BCUT2D eigenvalue weighted by molar-refractivity contribution is 7.90. The molecule has 0 heterocycles. The van der Waals surface area contributed by atoms with Crippen molar-refractivity contribution in [3.05, 3.63) is 12.7 Å². The average molecular weight is 215 g/mol. The van der Waals surface area contributed by atoms with Gasteiger partial charge in [-0.2, -0.15) is 0 Å². The lowest BCUT2D eigenvalue weighted by Crippen LogP contribution is -2.34. The summed E-state index contributed by atoms with van der Waals surface area (Å²) in [4.78, 5) is 11.4. The third-order valence-corrected chi connectivity index (χ3v) is 4.52. The van der Waals surface area contributed by atoms with E-state index in [0.717, 1.165) is 6.42 Å². The molecule has 5 heteroatoms. The summed E-state index contributed by atoms with van der Waals surface area (Å²) in [5, 5.41) is -0.326. The van der Waals surface area contributed by atoms with E-state index in [4.69, 9.17) is 0 Å². The Morgan fingerprint density at radius 2 is 2.07 bits per heavy atom. The zero-order valence-corrected chi connectivity index (χ0v) is 8.59. The SMILES string of the molecule is C=C[C@@H]1CC1C(=O)NS(=O)(=O)C1CC1. The van der Waals surface area contributed by atoms with Crippen LogP contribution in [0.5, 0.6) is 0 Å². The molecule has 78 valence electrons. The Hall–Kier alpha value is -0.840. The number of nitrogens with one attached hydrogen (secondary N) is 1. The van der Waals surface area contributed by atoms with Crippen LogP contribution in [0.4, 0.5) is 0 Å². The molecule has 2 saturated carbocycles. The Balaban J connectivity index is 1.92. The molecule has 0 spiro atoms. The van der Waals surface area contributed by atoms with E-state index in [9.17, 15) is 13.2 Å². The summed E-state index contributed by atoms with van der Waals surface area (Å²) in [5.74, 6) is -0.354. The van der Waals surface area contributed by atoms with Crippen LogP contribution in [0.25, 0.3) is 0 Å². The number of allylic oxidation sites excluding steroid dienone is 1. The third-order valence-electron chi connectivity index (χ3n) is 2.69. The molecule has 2 atom stereocenters. The van der Waals surface area contributed by atoms with Gasteiger partial charge in [0.2, 0.25) is 15.9 Å². The number of carbonyl (C=O) groups excluding carboxylic acids is 1. The van der Waals surface area contributed by atoms with Crippen LogP contribution in [0, 0.1) is 11.8 Å². The molecular weight excluding hydrogens is 202 g/mol. The van der Waals surface area contributed by atoms with Gasteiger partial charge in [-0.25, -0.2) is 8.42 Å². The van der Waals surface area contributed by atoms with Gasteiger partial charge in [-0.15, -0.1) is 6.58 Å². The van der Waals surface area contributed by atoms with Crippen molar-refractivity contribution < 1.29 is 13.2 Å². The molecule has 0 aromatic heterocycles. The summed E-state index contributed by atoms with van der Waals surface area (Å²) in [6, 6.07) is 0. The van der Waals surface area contributed by atoms with Crippen LogP contribution in [-0.2, 0) is 14.8 Å². The number of carbonyl (C=O) groups is 1.